The van der Waals surface area contributed by atoms with E-state index in [9.17, 15) is 0 Å². The molecule has 0 spiro atoms. The van der Waals surface area contributed by atoms with Crippen molar-refractivity contribution in [3.8, 4) is 0 Å². The molecule has 2 atom stereocenters. The van der Waals surface area contributed by atoms with Crippen LogP contribution >= 0.6 is 0 Å². The Bertz CT molecular complexity index is 296. The molecular weight excluding hydrogens is 164 g/mol. The van der Waals surface area contributed by atoms with Crippen LogP contribution in [0.4, 0.5) is 0 Å². The first-order chi connectivity index (χ1) is 6.33. The van der Waals surface area contributed by atoms with Crippen molar-refractivity contribution in [3.05, 3.63) is 35.4 Å². The Balaban J connectivity index is 2.28. The zero-order chi connectivity index (χ0) is 9.26. The molecule has 0 fully saturated rings. The number of aliphatic hydroxyl groups excluding tert-OH is 1. The lowest BCUT2D eigenvalue weighted by Gasteiger charge is -2.16. The summed E-state index contributed by atoms with van der Waals surface area (Å²) in [5, 5.41) is 9.04. The Morgan fingerprint density at radius 1 is 1.54 bits per heavy atom. The molecule has 1 N–H and O–H groups in total. The maximum absolute atomic E-state index is 9.04. The van der Waals surface area contributed by atoms with Gasteiger partial charge in [-0.15, -0.1) is 0 Å². The third-order valence-corrected chi connectivity index (χ3v) is 2.58. The molecule has 0 aliphatic carbocycles. The zero-order valence-corrected chi connectivity index (χ0v) is 7.73. The Morgan fingerprint density at radius 3 is 3.08 bits per heavy atom. The van der Waals surface area contributed by atoms with Gasteiger partial charge in [0.15, 0.2) is 0 Å². The molecule has 0 saturated carbocycles. The molecule has 2 nitrogen and oxygen atoms in total. The number of rotatable bonds is 2. The fourth-order valence-corrected chi connectivity index (χ4v) is 1.78. The molecule has 0 saturated heterocycles. The Labute approximate surface area is 78.2 Å². The van der Waals surface area contributed by atoms with Crippen LogP contribution in [0.5, 0.6) is 0 Å². The number of hydrogen-bond donors (Lipinski definition) is 1. The van der Waals surface area contributed by atoms with Gasteiger partial charge in [-0.2, -0.15) is 0 Å². The van der Waals surface area contributed by atoms with E-state index in [1.807, 2.05) is 19.1 Å². The monoisotopic (exact) mass is 178 g/mol. The highest BCUT2D eigenvalue weighted by Crippen LogP contribution is 2.35. The number of ether oxygens (including phenoxy) is 1. The van der Waals surface area contributed by atoms with E-state index in [4.69, 9.17) is 9.84 Å². The average Bonchev–Trinajstić information content (AvgIpc) is 2.60. The zero-order valence-electron chi connectivity index (χ0n) is 7.73. The van der Waals surface area contributed by atoms with Crippen molar-refractivity contribution in [1.82, 2.24) is 0 Å². The van der Waals surface area contributed by atoms with E-state index in [1.54, 1.807) is 0 Å². The second-order valence-electron chi connectivity index (χ2n) is 3.59. The highest BCUT2D eigenvalue weighted by atomic mass is 16.5. The number of aliphatic hydroxyl groups is 1. The van der Waals surface area contributed by atoms with Crippen LogP contribution < -0.4 is 0 Å². The van der Waals surface area contributed by atoms with Gasteiger partial charge in [-0.25, -0.2) is 0 Å². The lowest BCUT2D eigenvalue weighted by molar-refractivity contribution is 0.00955. The molecule has 2 unspecified atom stereocenters. The average molecular weight is 178 g/mol. The van der Waals surface area contributed by atoms with E-state index in [2.05, 4.69) is 12.1 Å². The van der Waals surface area contributed by atoms with Gasteiger partial charge in [0.2, 0.25) is 0 Å². The van der Waals surface area contributed by atoms with Crippen molar-refractivity contribution in [3.63, 3.8) is 0 Å². The molecule has 1 aromatic carbocycles. The van der Waals surface area contributed by atoms with Gasteiger partial charge < -0.3 is 9.84 Å². The van der Waals surface area contributed by atoms with Crippen LogP contribution in [0, 0.1) is 5.92 Å². The summed E-state index contributed by atoms with van der Waals surface area (Å²) < 4.78 is 5.62. The molecule has 1 aliphatic heterocycles. The van der Waals surface area contributed by atoms with Gasteiger partial charge in [0.05, 0.1) is 12.7 Å². The second kappa shape index (κ2) is 3.48. The number of hydrogen-bond acceptors (Lipinski definition) is 2. The highest BCUT2D eigenvalue weighted by Gasteiger charge is 2.26. The standard InChI is InChI=1S/C11H14O2/c1-8(6-12)11-10-5-3-2-4-9(10)7-13-11/h2-5,8,11-12H,6-7H2,1H3. The Morgan fingerprint density at radius 2 is 2.31 bits per heavy atom. The van der Waals surface area contributed by atoms with Gasteiger partial charge >= 0.3 is 0 Å². The van der Waals surface area contributed by atoms with Crippen LogP contribution in [0.2, 0.25) is 0 Å². The third kappa shape index (κ3) is 1.47. The molecule has 0 aromatic heterocycles. The molecule has 1 aliphatic rings. The van der Waals surface area contributed by atoms with Crippen LogP contribution in [0.25, 0.3) is 0 Å². The highest BCUT2D eigenvalue weighted by molar-refractivity contribution is 5.31. The smallest absolute Gasteiger partial charge is 0.0880 e. The molecule has 0 bridgehead atoms. The van der Waals surface area contributed by atoms with E-state index in [0.29, 0.717) is 6.61 Å². The molecule has 0 radical (unpaired) electrons. The van der Waals surface area contributed by atoms with Crippen molar-refractivity contribution in [2.45, 2.75) is 19.6 Å². The van der Waals surface area contributed by atoms with Crippen LogP contribution in [-0.2, 0) is 11.3 Å². The summed E-state index contributed by atoms with van der Waals surface area (Å²) in [6.07, 6.45) is 0.0844. The summed E-state index contributed by atoms with van der Waals surface area (Å²) in [6, 6.07) is 8.21. The van der Waals surface area contributed by atoms with Crippen LogP contribution in [-0.4, -0.2) is 11.7 Å². The van der Waals surface area contributed by atoms with E-state index in [0.717, 1.165) is 0 Å². The van der Waals surface area contributed by atoms with Gasteiger partial charge in [0, 0.05) is 12.5 Å². The summed E-state index contributed by atoms with van der Waals surface area (Å²) >= 11 is 0. The number of benzene rings is 1. The first-order valence-corrected chi connectivity index (χ1v) is 4.63. The maximum Gasteiger partial charge on any atom is 0.0880 e. The Hall–Kier alpha value is -0.860. The minimum absolute atomic E-state index is 0.0844. The van der Waals surface area contributed by atoms with Crippen LogP contribution in [0.15, 0.2) is 24.3 Å². The van der Waals surface area contributed by atoms with E-state index in [1.165, 1.54) is 11.1 Å². The maximum atomic E-state index is 9.04. The molecule has 70 valence electrons. The fraction of sp³-hybridized carbons (Fsp3) is 0.455. The second-order valence-corrected chi connectivity index (χ2v) is 3.59. The van der Waals surface area contributed by atoms with E-state index >= 15 is 0 Å². The summed E-state index contributed by atoms with van der Waals surface area (Å²) in [4.78, 5) is 0. The van der Waals surface area contributed by atoms with E-state index < -0.39 is 0 Å². The summed E-state index contributed by atoms with van der Waals surface area (Å²) in [6.45, 7) is 2.87. The molecule has 1 heterocycles. The van der Waals surface area contributed by atoms with E-state index in [-0.39, 0.29) is 18.6 Å². The summed E-state index contributed by atoms with van der Waals surface area (Å²) in [7, 11) is 0. The molecule has 13 heavy (non-hydrogen) atoms. The largest absolute Gasteiger partial charge is 0.396 e. The first kappa shape index (κ1) is 8.73. The molecular formula is C11H14O2. The minimum Gasteiger partial charge on any atom is -0.396 e. The van der Waals surface area contributed by atoms with Crippen molar-refractivity contribution in [2.75, 3.05) is 6.61 Å². The van der Waals surface area contributed by atoms with Crippen molar-refractivity contribution in [1.29, 1.82) is 0 Å². The fourth-order valence-electron chi connectivity index (χ4n) is 1.78. The van der Waals surface area contributed by atoms with Crippen molar-refractivity contribution >= 4 is 0 Å². The first-order valence-electron chi connectivity index (χ1n) is 4.63. The van der Waals surface area contributed by atoms with Crippen molar-refractivity contribution in [2.24, 2.45) is 5.92 Å². The molecule has 1 aromatic rings. The molecule has 2 heteroatoms. The molecule has 0 amide bonds. The van der Waals surface area contributed by atoms with Gasteiger partial charge in [-0.3, -0.25) is 0 Å². The van der Waals surface area contributed by atoms with Gasteiger partial charge in [0.25, 0.3) is 0 Å². The van der Waals surface area contributed by atoms with Gasteiger partial charge in [-0.05, 0) is 11.1 Å². The Kier molecular flexibility index (Phi) is 2.34. The molecule has 2 rings (SSSR count). The van der Waals surface area contributed by atoms with Crippen molar-refractivity contribution < 1.29 is 9.84 Å². The number of fused-ring (bicyclic) bond motifs is 1. The minimum atomic E-state index is 0.0844. The summed E-state index contributed by atoms with van der Waals surface area (Å²) in [5.74, 6) is 0.184. The third-order valence-electron chi connectivity index (χ3n) is 2.58. The lowest BCUT2D eigenvalue weighted by Crippen LogP contribution is -2.12. The van der Waals surface area contributed by atoms with Gasteiger partial charge in [-0.1, -0.05) is 31.2 Å². The lowest BCUT2D eigenvalue weighted by atomic mass is 9.97. The topological polar surface area (TPSA) is 29.5 Å². The van der Waals surface area contributed by atoms with Crippen LogP contribution in [0.1, 0.15) is 24.2 Å². The predicted octanol–water partition coefficient (Wildman–Crippen LogP) is 1.89. The predicted molar refractivity (Wildman–Crippen MR) is 50.2 cm³/mol. The normalized spacial score (nSPS) is 22.8. The summed E-state index contributed by atoms with van der Waals surface area (Å²) in [5.41, 5.74) is 2.50. The van der Waals surface area contributed by atoms with Gasteiger partial charge in [0.1, 0.15) is 0 Å². The SMILES string of the molecule is CC(CO)C1OCc2ccccc21. The quantitative estimate of drug-likeness (QED) is 0.749. The van der Waals surface area contributed by atoms with Crippen LogP contribution in [0.3, 0.4) is 0 Å².